The van der Waals surface area contributed by atoms with Gasteiger partial charge in [-0.2, -0.15) is 5.26 Å². The predicted octanol–water partition coefficient (Wildman–Crippen LogP) is 4.14. The zero-order valence-corrected chi connectivity index (χ0v) is 19.0. The van der Waals surface area contributed by atoms with Crippen molar-refractivity contribution in [3.8, 4) is 11.8 Å². The Bertz CT molecular complexity index is 1190. The minimum absolute atomic E-state index is 0.233. The molecular weight excluding hydrogens is 442 g/mol. The summed E-state index contributed by atoms with van der Waals surface area (Å²) < 4.78 is 32.1. The highest BCUT2D eigenvalue weighted by Crippen LogP contribution is 2.31. The SMILES string of the molecule is Cc1sc(NC(=O)COc2ccc(N(C)S(=O)(=O)c3cccs3)cc2)c(C#N)c1C. The molecule has 3 rings (SSSR count). The molecule has 10 heteroatoms. The lowest BCUT2D eigenvalue weighted by Crippen LogP contribution is -2.25. The Labute approximate surface area is 183 Å². The molecule has 1 amide bonds. The monoisotopic (exact) mass is 461 g/mol. The van der Waals surface area contributed by atoms with Gasteiger partial charge in [0.2, 0.25) is 0 Å². The highest BCUT2D eigenvalue weighted by atomic mass is 32.2. The van der Waals surface area contributed by atoms with Crippen LogP contribution in [0.3, 0.4) is 0 Å². The van der Waals surface area contributed by atoms with E-state index in [0.717, 1.165) is 21.8 Å². The lowest BCUT2D eigenvalue weighted by Gasteiger charge is -2.18. The third-order valence-electron chi connectivity index (χ3n) is 4.43. The van der Waals surface area contributed by atoms with Crippen LogP contribution in [0.25, 0.3) is 0 Å². The maximum absolute atomic E-state index is 12.6. The minimum atomic E-state index is -3.61. The third kappa shape index (κ3) is 4.48. The number of carbonyl (C=O) groups excluding carboxylic acids is 1. The summed E-state index contributed by atoms with van der Waals surface area (Å²) in [6, 6.07) is 11.8. The van der Waals surface area contributed by atoms with Crippen molar-refractivity contribution in [3.63, 3.8) is 0 Å². The van der Waals surface area contributed by atoms with Gasteiger partial charge in [0, 0.05) is 11.9 Å². The highest BCUT2D eigenvalue weighted by Gasteiger charge is 2.22. The molecule has 1 aromatic carbocycles. The summed E-state index contributed by atoms with van der Waals surface area (Å²) in [5, 5.41) is 14.2. The number of ether oxygens (including phenoxy) is 1. The molecule has 0 aliphatic rings. The lowest BCUT2D eigenvalue weighted by molar-refractivity contribution is -0.118. The summed E-state index contributed by atoms with van der Waals surface area (Å²) in [4.78, 5) is 13.2. The van der Waals surface area contributed by atoms with Gasteiger partial charge in [-0.15, -0.1) is 22.7 Å². The molecule has 0 radical (unpaired) electrons. The summed E-state index contributed by atoms with van der Waals surface area (Å²) in [7, 11) is -2.13. The molecule has 0 aliphatic heterocycles. The first kappa shape index (κ1) is 21.8. The molecule has 2 aromatic heterocycles. The highest BCUT2D eigenvalue weighted by molar-refractivity contribution is 7.94. The van der Waals surface area contributed by atoms with E-state index in [1.165, 1.54) is 22.7 Å². The fraction of sp³-hybridized carbons (Fsp3) is 0.200. The van der Waals surface area contributed by atoms with Crippen LogP contribution in [0.15, 0.2) is 46.0 Å². The number of sulfonamides is 1. The van der Waals surface area contributed by atoms with E-state index in [4.69, 9.17) is 4.74 Å². The smallest absolute Gasteiger partial charge is 0.273 e. The Kier molecular flexibility index (Phi) is 6.45. The van der Waals surface area contributed by atoms with E-state index in [2.05, 4.69) is 11.4 Å². The molecule has 0 saturated heterocycles. The van der Waals surface area contributed by atoms with Gasteiger partial charge < -0.3 is 10.1 Å². The number of nitrogens with one attached hydrogen (secondary N) is 1. The number of anilines is 2. The molecule has 0 spiro atoms. The van der Waals surface area contributed by atoms with Gasteiger partial charge >= 0.3 is 0 Å². The number of carbonyl (C=O) groups is 1. The molecule has 0 atom stereocenters. The number of hydrogen-bond donors (Lipinski definition) is 1. The Balaban J connectivity index is 1.62. The number of nitriles is 1. The Hall–Kier alpha value is -2.87. The van der Waals surface area contributed by atoms with E-state index in [9.17, 15) is 18.5 Å². The molecule has 156 valence electrons. The largest absolute Gasteiger partial charge is 0.484 e. The summed E-state index contributed by atoms with van der Waals surface area (Å²) in [5.41, 5.74) is 1.80. The van der Waals surface area contributed by atoms with Crippen LogP contribution in [-0.2, 0) is 14.8 Å². The van der Waals surface area contributed by atoms with E-state index >= 15 is 0 Å². The molecule has 7 nitrogen and oxygen atoms in total. The van der Waals surface area contributed by atoms with Gasteiger partial charge in [0.05, 0.1) is 11.3 Å². The average Bonchev–Trinajstić information content (AvgIpc) is 3.36. The van der Waals surface area contributed by atoms with Crippen LogP contribution in [0.2, 0.25) is 0 Å². The van der Waals surface area contributed by atoms with E-state index in [0.29, 0.717) is 22.0 Å². The molecule has 0 aliphatic carbocycles. The number of aryl methyl sites for hydroxylation is 1. The fourth-order valence-corrected chi connectivity index (χ4v) is 5.98. The lowest BCUT2D eigenvalue weighted by atomic mass is 10.2. The number of hydrogen-bond acceptors (Lipinski definition) is 7. The minimum Gasteiger partial charge on any atom is -0.484 e. The van der Waals surface area contributed by atoms with Gasteiger partial charge in [0.15, 0.2) is 6.61 Å². The molecular formula is C20H19N3O4S3. The zero-order valence-electron chi connectivity index (χ0n) is 16.5. The quantitative estimate of drug-likeness (QED) is 0.570. The Morgan fingerprint density at radius 2 is 1.93 bits per heavy atom. The van der Waals surface area contributed by atoms with Gasteiger partial charge in [-0.3, -0.25) is 9.10 Å². The van der Waals surface area contributed by atoms with E-state index < -0.39 is 10.0 Å². The van der Waals surface area contributed by atoms with Crippen LogP contribution in [0.1, 0.15) is 16.0 Å². The topological polar surface area (TPSA) is 99.5 Å². The molecule has 0 unspecified atom stereocenters. The zero-order chi connectivity index (χ0) is 21.9. The van der Waals surface area contributed by atoms with Gasteiger partial charge in [-0.25, -0.2) is 8.42 Å². The van der Waals surface area contributed by atoms with Crippen molar-refractivity contribution in [2.75, 3.05) is 23.3 Å². The van der Waals surface area contributed by atoms with E-state index in [1.54, 1.807) is 41.8 Å². The number of thiophene rings is 2. The number of nitrogens with zero attached hydrogens (tertiary/aromatic N) is 2. The first-order chi connectivity index (χ1) is 14.2. The van der Waals surface area contributed by atoms with Crippen molar-refractivity contribution in [2.45, 2.75) is 18.1 Å². The molecule has 3 aromatic rings. The Morgan fingerprint density at radius 3 is 2.53 bits per heavy atom. The maximum Gasteiger partial charge on any atom is 0.273 e. The molecule has 30 heavy (non-hydrogen) atoms. The molecule has 0 fully saturated rings. The van der Waals surface area contributed by atoms with E-state index in [1.807, 2.05) is 13.8 Å². The standard InChI is InChI=1S/C20H19N3O4S3/c1-13-14(2)29-20(17(13)11-21)22-18(24)12-27-16-8-6-15(7-9-16)23(3)30(25,26)19-5-4-10-28-19/h4-10H,12H2,1-3H3,(H,22,24). The van der Waals surface area contributed by atoms with Crippen molar-refractivity contribution in [3.05, 3.63) is 57.8 Å². The summed E-state index contributed by atoms with van der Waals surface area (Å²) in [5.74, 6) is 0.0455. The molecule has 2 heterocycles. The Morgan fingerprint density at radius 1 is 1.23 bits per heavy atom. The predicted molar refractivity (Wildman–Crippen MR) is 119 cm³/mol. The van der Waals surface area contributed by atoms with Crippen LogP contribution >= 0.6 is 22.7 Å². The van der Waals surface area contributed by atoms with Gasteiger partial charge in [-0.05, 0) is 55.1 Å². The van der Waals surface area contributed by atoms with Gasteiger partial charge in [0.1, 0.15) is 21.0 Å². The van der Waals surface area contributed by atoms with Crippen LogP contribution in [0.4, 0.5) is 10.7 Å². The van der Waals surface area contributed by atoms with Crippen LogP contribution < -0.4 is 14.4 Å². The summed E-state index contributed by atoms with van der Waals surface area (Å²) >= 11 is 2.51. The van der Waals surface area contributed by atoms with Crippen molar-refractivity contribution >= 4 is 49.3 Å². The number of rotatable bonds is 7. The second-order valence-corrected chi connectivity index (χ2v) is 10.7. The first-order valence-electron chi connectivity index (χ1n) is 8.79. The van der Waals surface area contributed by atoms with Crippen LogP contribution in [0.5, 0.6) is 5.75 Å². The van der Waals surface area contributed by atoms with Crippen LogP contribution in [-0.4, -0.2) is 28.0 Å². The third-order valence-corrected chi connectivity index (χ3v) is 8.71. The summed E-state index contributed by atoms with van der Waals surface area (Å²) in [6.07, 6.45) is 0. The number of amides is 1. The second-order valence-electron chi connectivity index (χ2n) is 6.33. The van der Waals surface area contributed by atoms with Gasteiger partial charge in [0.25, 0.3) is 15.9 Å². The van der Waals surface area contributed by atoms with Gasteiger partial charge in [-0.1, -0.05) is 6.07 Å². The summed E-state index contributed by atoms with van der Waals surface area (Å²) in [6.45, 7) is 3.50. The molecule has 1 N–H and O–H groups in total. The molecule has 0 bridgehead atoms. The van der Waals surface area contributed by atoms with Crippen molar-refractivity contribution < 1.29 is 17.9 Å². The van der Waals surface area contributed by atoms with Crippen molar-refractivity contribution in [2.24, 2.45) is 0 Å². The van der Waals surface area contributed by atoms with Crippen molar-refractivity contribution in [1.29, 1.82) is 5.26 Å². The fourth-order valence-electron chi connectivity index (χ4n) is 2.60. The van der Waals surface area contributed by atoms with Crippen LogP contribution in [0, 0.1) is 25.2 Å². The normalized spacial score (nSPS) is 11.0. The van der Waals surface area contributed by atoms with Crippen molar-refractivity contribution in [1.82, 2.24) is 0 Å². The molecule has 0 saturated carbocycles. The second kappa shape index (κ2) is 8.87. The maximum atomic E-state index is 12.6. The average molecular weight is 462 g/mol. The first-order valence-corrected chi connectivity index (χ1v) is 11.9. The van der Waals surface area contributed by atoms with E-state index in [-0.39, 0.29) is 16.7 Å². The number of benzene rings is 1.